The van der Waals surface area contributed by atoms with Crippen LogP contribution in [0.5, 0.6) is 0 Å². The van der Waals surface area contributed by atoms with E-state index in [0.29, 0.717) is 5.52 Å². The van der Waals surface area contributed by atoms with Crippen molar-refractivity contribution in [2.45, 2.75) is 36.7 Å². The van der Waals surface area contributed by atoms with Crippen molar-refractivity contribution in [2.75, 3.05) is 43.4 Å². The highest BCUT2D eigenvalue weighted by atomic mass is 32.2. The maximum Gasteiger partial charge on any atom is 0.406 e. The summed E-state index contributed by atoms with van der Waals surface area (Å²) in [5.74, 6) is -4.41. The molecule has 7 rings (SSSR count). The molecule has 0 bridgehead atoms. The Bertz CT molecular complexity index is 2060. The number of benzene rings is 1. The number of amides is 2. The smallest absolute Gasteiger partial charge is 0.406 e. The quantitative estimate of drug-likeness (QED) is 0.165. The number of aromatic nitrogens is 1. The molecule has 2 saturated heterocycles. The van der Waals surface area contributed by atoms with Gasteiger partial charge in [-0.05, 0) is 42.0 Å². The number of thioether (sulfide) groups is 1. The summed E-state index contributed by atoms with van der Waals surface area (Å²) in [5.41, 5.74) is -0.862. The molecule has 0 spiro atoms. The molecule has 264 valence electrons. The molecule has 1 aliphatic carbocycles. The summed E-state index contributed by atoms with van der Waals surface area (Å²) in [7, 11) is -4.47. The minimum absolute atomic E-state index is 0.00274. The van der Waals surface area contributed by atoms with Crippen LogP contribution in [-0.4, -0.2) is 103 Å². The van der Waals surface area contributed by atoms with Crippen molar-refractivity contribution < 1.29 is 47.8 Å². The van der Waals surface area contributed by atoms with Crippen molar-refractivity contribution in [2.24, 2.45) is 0 Å². The van der Waals surface area contributed by atoms with Crippen molar-refractivity contribution in [3.63, 3.8) is 0 Å². The summed E-state index contributed by atoms with van der Waals surface area (Å²) in [6, 6.07) is 5.24. The number of carboxylic acids is 2. The number of carbonyl (C=O) groups is 4. The van der Waals surface area contributed by atoms with Gasteiger partial charge in [-0.1, -0.05) is 6.07 Å². The third kappa shape index (κ3) is 6.35. The highest BCUT2D eigenvalue weighted by Crippen LogP contribution is 2.49. The summed E-state index contributed by atoms with van der Waals surface area (Å²) in [6.45, 7) is -0.347. The van der Waals surface area contributed by atoms with Gasteiger partial charge in [0, 0.05) is 54.4 Å². The highest BCUT2D eigenvalue weighted by molar-refractivity contribution is 8.00. The fraction of sp³-hybridized carbons (Fsp3) is 0.387. The van der Waals surface area contributed by atoms with E-state index in [1.807, 2.05) is 11.4 Å². The molecule has 1 aromatic carbocycles. The van der Waals surface area contributed by atoms with Crippen molar-refractivity contribution in [3.05, 3.63) is 73.6 Å². The monoisotopic (exact) mass is 747 g/mol. The van der Waals surface area contributed by atoms with Crippen molar-refractivity contribution >= 4 is 71.2 Å². The Hall–Kier alpha value is -4.06. The normalized spacial score (nSPS) is 22.2. The van der Waals surface area contributed by atoms with Gasteiger partial charge in [-0.25, -0.2) is 23.2 Å². The number of aliphatic carboxylic acids is 1. The lowest BCUT2D eigenvalue weighted by Gasteiger charge is -2.49. The van der Waals surface area contributed by atoms with E-state index < -0.39 is 60.4 Å². The molecule has 0 radical (unpaired) electrons. The van der Waals surface area contributed by atoms with E-state index in [4.69, 9.17) is 4.52 Å². The summed E-state index contributed by atoms with van der Waals surface area (Å²) in [6.07, 6.45) is 2.97. The molecule has 3 fully saturated rings. The molecule has 1 unspecified atom stereocenters. The Morgan fingerprint density at radius 3 is 2.46 bits per heavy atom. The molecule has 3 aliphatic heterocycles. The first kappa shape index (κ1) is 34.4. The van der Waals surface area contributed by atoms with E-state index >= 15 is 4.39 Å². The predicted molar refractivity (Wildman–Crippen MR) is 181 cm³/mol. The molecule has 3 aromatic rings. The lowest BCUT2D eigenvalue weighted by atomic mass is 10.0. The van der Waals surface area contributed by atoms with E-state index in [-0.39, 0.29) is 72.6 Å². The number of β-lactam (4-membered cyclic amide) rings is 1. The number of nitrogens with one attached hydrogen (secondary N) is 1. The Kier molecular flexibility index (Phi) is 9.11. The molecule has 4 aliphatic rings. The van der Waals surface area contributed by atoms with Crippen LogP contribution in [0.4, 0.5) is 10.1 Å². The van der Waals surface area contributed by atoms with Gasteiger partial charge >= 0.3 is 19.7 Å². The Morgan fingerprint density at radius 2 is 1.82 bits per heavy atom. The van der Waals surface area contributed by atoms with Gasteiger partial charge in [-0.15, -0.1) is 23.1 Å². The first-order valence-electron chi connectivity index (χ1n) is 15.6. The number of piperazine rings is 1. The Labute approximate surface area is 291 Å². The molecule has 5 heterocycles. The largest absolute Gasteiger partial charge is 0.477 e. The number of anilines is 1. The van der Waals surface area contributed by atoms with E-state index in [9.17, 15) is 43.6 Å². The molecule has 50 heavy (non-hydrogen) atoms. The lowest BCUT2D eigenvalue weighted by molar-refractivity contribution is -0.150. The second-order valence-electron chi connectivity index (χ2n) is 12.3. The standard InChI is InChI=1S/C31H31FN5O10PS2/c32-21-11-19-22(36(17-3-4-17)13-20(27(19)39)30(41)42)12-23(21)34-5-7-35(8-6-34)48(45,46)47-14-16-15-50-29-25(28(40)37(29)26(16)31(43)44)33-24(38)10-18-2-1-9-49-18/h1-2,9,11-13,17,25,29H,3-8,10,14-15H2,(H,33,38)(H,41,42)(H,43,44)(H,45,46)/t25-,29-/m1/s1. The van der Waals surface area contributed by atoms with Crippen LogP contribution >= 0.6 is 30.8 Å². The maximum absolute atomic E-state index is 15.4. The average molecular weight is 748 g/mol. The number of rotatable bonds is 11. The maximum atomic E-state index is 15.4. The third-order valence-corrected chi connectivity index (χ3v) is 12.9. The number of hydrogen-bond donors (Lipinski definition) is 4. The topological polar surface area (TPSA) is 199 Å². The van der Waals surface area contributed by atoms with Gasteiger partial charge in [0.05, 0.1) is 24.2 Å². The molecule has 4 N–H and O–H groups in total. The van der Waals surface area contributed by atoms with Gasteiger partial charge in [0.15, 0.2) is 0 Å². The predicted octanol–water partition coefficient (Wildman–Crippen LogP) is 2.46. The molecule has 19 heteroatoms. The SMILES string of the molecule is O=C(Cc1cccs1)N[C@@H]1C(=O)N2C(C(=O)O)=C(COP(=O)(O)N3CCN(c4cc5c(cc4F)c(=O)c(C(=O)O)cn5C4CC4)CC3)CS[C@H]12. The number of pyridine rings is 1. The van der Waals surface area contributed by atoms with Crippen LogP contribution in [0.2, 0.25) is 0 Å². The second kappa shape index (κ2) is 13.2. The van der Waals surface area contributed by atoms with E-state index in [1.54, 1.807) is 15.5 Å². The van der Waals surface area contributed by atoms with Gasteiger partial charge < -0.3 is 29.9 Å². The average Bonchev–Trinajstić information content (AvgIpc) is 3.80. The molecule has 1 saturated carbocycles. The molecule has 3 atom stereocenters. The van der Waals surface area contributed by atoms with E-state index in [1.165, 1.54) is 40.0 Å². The lowest BCUT2D eigenvalue weighted by Crippen LogP contribution is -2.70. The van der Waals surface area contributed by atoms with Gasteiger partial charge in [0.25, 0.3) is 5.91 Å². The van der Waals surface area contributed by atoms with Gasteiger partial charge in [-0.3, -0.25) is 23.8 Å². The minimum Gasteiger partial charge on any atom is -0.477 e. The first-order chi connectivity index (χ1) is 23.8. The number of hydrogen-bond acceptors (Lipinski definition) is 10. The summed E-state index contributed by atoms with van der Waals surface area (Å²) < 4.78 is 37.0. The second-order valence-corrected chi connectivity index (χ2v) is 16.3. The van der Waals surface area contributed by atoms with Crippen molar-refractivity contribution in [3.8, 4) is 0 Å². The number of halogens is 1. The molecular formula is C31H31FN5O10PS2. The fourth-order valence-electron chi connectivity index (χ4n) is 6.43. The van der Waals surface area contributed by atoms with Gasteiger partial charge in [-0.2, -0.15) is 0 Å². The number of thiophene rings is 1. The third-order valence-electron chi connectivity index (χ3n) is 9.11. The molecule has 2 amide bonds. The van der Waals surface area contributed by atoms with E-state index in [2.05, 4.69) is 5.32 Å². The van der Waals surface area contributed by atoms with E-state index in [0.717, 1.165) is 28.7 Å². The number of fused-ring (bicyclic) bond motifs is 2. The highest BCUT2D eigenvalue weighted by Gasteiger charge is 2.54. The summed E-state index contributed by atoms with van der Waals surface area (Å²) >= 11 is 2.62. The number of carbonyl (C=O) groups excluding carboxylic acids is 2. The minimum atomic E-state index is -4.47. The van der Waals surface area contributed by atoms with Crippen LogP contribution in [0.25, 0.3) is 10.9 Å². The molecular weight excluding hydrogens is 716 g/mol. The van der Waals surface area contributed by atoms with Gasteiger partial charge in [0.1, 0.15) is 28.5 Å². The zero-order valence-corrected chi connectivity index (χ0v) is 28.7. The van der Waals surface area contributed by atoms with Crippen LogP contribution in [-0.2, 0) is 29.9 Å². The molecule has 15 nitrogen and oxygen atoms in total. The van der Waals surface area contributed by atoms with Crippen LogP contribution in [0.1, 0.15) is 34.1 Å². The van der Waals surface area contributed by atoms with Crippen LogP contribution in [0.3, 0.4) is 0 Å². The van der Waals surface area contributed by atoms with Crippen LogP contribution < -0.4 is 15.6 Å². The number of nitrogens with zero attached hydrogens (tertiary/aromatic N) is 4. The zero-order chi connectivity index (χ0) is 35.5. The van der Waals surface area contributed by atoms with Gasteiger partial charge in [0.2, 0.25) is 11.3 Å². The summed E-state index contributed by atoms with van der Waals surface area (Å²) in [4.78, 5) is 76.6. The Morgan fingerprint density at radius 1 is 1.08 bits per heavy atom. The number of aromatic carboxylic acids is 1. The zero-order valence-electron chi connectivity index (χ0n) is 26.2. The summed E-state index contributed by atoms with van der Waals surface area (Å²) in [5, 5.41) is 23.3. The Balaban J connectivity index is 1.01. The van der Waals surface area contributed by atoms with Crippen molar-refractivity contribution in [1.82, 2.24) is 19.5 Å². The first-order valence-corrected chi connectivity index (χ1v) is 19.1. The van der Waals surface area contributed by atoms with Crippen molar-refractivity contribution in [1.29, 1.82) is 0 Å². The molecule has 2 aromatic heterocycles. The number of carboxylic acid groups (broad SMARTS) is 2. The fourth-order valence-corrected chi connectivity index (χ4v) is 9.63. The van der Waals surface area contributed by atoms with Crippen LogP contribution in [0.15, 0.2) is 51.9 Å². The van der Waals surface area contributed by atoms with Crippen LogP contribution in [0, 0.1) is 5.82 Å².